The van der Waals surface area contributed by atoms with Crippen molar-refractivity contribution in [2.75, 3.05) is 0 Å². The topological polar surface area (TPSA) is 18.5 Å². The van der Waals surface area contributed by atoms with Crippen LogP contribution in [0.4, 0.5) is 0 Å². The summed E-state index contributed by atoms with van der Waals surface area (Å²) in [7, 11) is 0. The highest BCUT2D eigenvalue weighted by atomic mass is 27.2. The predicted octanol–water partition coefficient (Wildman–Crippen LogP) is -0.148. The van der Waals surface area contributed by atoms with Gasteiger partial charge in [-0.3, -0.25) is 0 Å². The molecule has 74 valence electrons. The standard InChI is InChI=1S/C4H9.C3H7.4Al.2O.6H/c1-3-4-2;1-3-2;;;;;;;;;;;;/h1,3-4H2,2H3;3H,1-2H3;;;;;;;;;;;;. The Balaban J connectivity index is 0. The lowest BCUT2D eigenvalue weighted by molar-refractivity contribution is 0.644. The fourth-order valence-corrected chi connectivity index (χ4v) is 5.36. The van der Waals surface area contributed by atoms with Crippen LogP contribution in [0.3, 0.4) is 0 Å². The lowest BCUT2D eigenvalue weighted by atomic mass is 10.4. The van der Waals surface area contributed by atoms with Crippen LogP contribution in [0.1, 0.15) is 33.6 Å². The minimum Gasteiger partial charge on any atom is -0.644 e. The van der Waals surface area contributed by atoms with Crippen LogP contribution in [0.15, 0.2) is 0 Å². The Morgan fingerprint density at radius 2 is 1.85 bits per heavy atom. The average Bonchev–Trinajstić information content (AvgIpc) is 2.06. The highest BCUT2D eigenvalue weighted by Crippen LogP contribution is 1.93. The first kappa shape index (κ1) is 17.4. The van der Waals surface area contributed by atoms with Crippen molar-refractivity contribution in [2.45, 2.75) is 43.7 Å². The molecule has 0 saturated carbocycles. The Kier molecular flexibility index (Phi) is 22.1. The third-order valence-corrected chi connectivity index (χ3v) is 5.87. The molecule has 0 spiro atoms. The average molecular weight is 246 g/mol. The van der Waals surface area contributed by atoms with Crippen LogP contribution in [0.2, 0.25) is 10.1 Å². The summed E-state index contributed by atoms with van der Waals surface area (Å²) in [5.74, 6) is 0. The van der Waals surface area contributed by atoms with E-state index in [-0.39, 0.29) is 31.1 Å². The molecule has 0 unspecified atom stereocenters. The first-order valence-electron chi connectivity index (χ1n) is 5.16. The first-order valence-corrected chi connectivity index (χ1v) is 9.77. The SMILES string of the molecule is CCC[CH2][AlH][O][AlH2].C[CH](C)[AlH][O][AlH2]. The zero-order chi connectivity index (χ0) is 10.5. The molecule has 0 aromatic heterocycles. The third-order valence-electron chi connectivity index (χ3n) is 1.45. The summed E-state index contributed by atoms with van der Waals surface area (Å²) in [6.07, 6.45) is 2.71. The van der Waals surface area contributed by atoms with Gasteiger partial charge in [-0.1, -0.05) is 43.7 Å². The summed E-state index contributed by atoms with van der Waals surface area (Å²) in [6, 6.07) is 0. The highest BCUT2D eigenvalue weighted by Gasteiger charge is 1.93. The molecule has 0 radical (unpaired) electrons. The maximum absolute atomic E-state index is 5.12. The second-order valence-corrected chi connectivity index (χ2v) is 11.2. The quantitative estimate of drug-likeness (QED) is 0.479. The fourth-order valence-electron chi connectivity index (χ4n) is 0.830. The second kappa shape index (κ2) is 16.5. The van der Waals surface area contributed by atoms with Crippen molar-refractivity contribution >= 4 is 64.4 Å². The van der Waals surface area contributed by atoms with Gasteiger partial charge in [-0.25, -0.2) is 0 Å². The molecule has 0 aliphatic rings. The van der Waals surface area contributed by atoms with E-state index in [4.69, 9.17) is 5.68 Å². The van der Waals surface area contributed by atoms with Crippen LogP contribution < -0.4 is 0 Å². The smallest absolute Gasteiger partial charge is 0.407 e. The zero-order valence-corrected chi connectivity index (χ0v) is 16.8. The molecule has 0 aromatic rings. The van der Waals surface area contributed by atoms with Gasteiger partial charge in [0.25, 0.3) is 0 Å². The lowest BCUT2D eigenvalue weighted by Crippen LogP contribution is -1.97. The maximum Gasteiger partial charge on any atom is 0.407 e. The molecule has 0 rings (SSSR count). The molecule has 0 atom stereocenters. The van der Waals surface area contributed by atoms with Crippen LogP contribution >= 0.6 is 0 Å². The van der Waals surface area contributed by atoms with Crippen molar-refractivity contribution in [3.05, 3.63) is 0 Å². The van der Waals surface area contributed by atoms with Gasteiger partial charge < -0.3 is 5.68 Å². The van der Waals surface area contributed by atoms with Crippen LogP contribution in [0.25, 0.3) is 0 Å². The Morgan fingerprint density at radius 3 is 2.08 bits per heavy atom. The van der Waals surface area contributed by atoms with Gasteiger partial charge >= 0.3 is 64.4 Å². The molecule has 0 bridgehead atoms. The van der Waals surface area contributed by atoms with E-state index in [0.29, 0.717) is 0 Å². The minimum absolute atomic E-state index is 0.0276. The Morgan fingerprint density at radius 1 is 1.23 bits per heavy atom. The summed E-state index contributed by atoms with van der Waals surface area (Å²) in [5, 5.41) is 1.39. The Hall–Kier alpha value is 2.05. The van der Waals surface area contributed by atoms with E-state index in [9.17, 15) is 0 Å². The summed E-state index contributed by atoms with van der Waals surface area (Å²) in [4.78, 5) is 0. The van der Waals surface area contributed by atoms with Crippen molar-refractivity contribution in [1.82, 2.24) is 0 Å². The van der Waals surface area contributed by atoms with Crippen LogP contribution in [-0.4, -0.2) is 64.4 Å². The minimum atomic E-state index is -0.0818. The molecule has 0 aromatic carbocycles. The normalized spacial score (nSPS) is 8.92. The van der Waals surface area contributed by atoms with Crippen LogP contribution in [0.5, 0.6) is 0 Å². The van der Waals surface area contributed by atoms with Gasteiger partial charge in [-0.15, -0.1) is 0 Å². The molecule has 0 fully saturated rings. The Bertz CT molecular complexity index is 78.9. The summed E-state index contributed by atoms with van der Waals surface area (Å²) < 4.78 is 11.1. The van der Waals surface area contributed by atoms with Gasteiger partial charge in [-0.05, 0) is 0 Å². The molecule has 6 heteroatoms. The molecule has 0 amide bonds. The maximum atomic E-state index is 5.12. The van der Waals surface area contributed by atoms with Gasteiger partial charge in [0.15, 0.2) is 0 Å². The summed E-state index contributed by atoms with van der Waals surface area (Å²) in [5.41, 5.74) is 0. The van der Waals surface area contributed by atoms with Crippen molar-refractivity contribution in [1.29, 1.82) is 0 Å². The van der Waals surface area contributed by atoms with Gasteiger partial charge in [-0.2, -0.15) is 0 Å². The fraction of sp³-hybridized carbons (Fsp3) is 1.00. The molecule has 2 nitrogen and oxygen atoms in total. The molecular formula is C7H22Al4O2. The van der Waals surface area contributed by atoms with Crippen molar-refractivity contribution in [3.8, 4) is 0 Å². The number of rotatable bonds is 6. The van der Waals surface area contributed by atoms with E-state index in [2.05, 4.69) is 20.8 Å². The van der Waals surface area contributed by atoms with Crippen molar-refractivity contribution < 1.29 is 5.68 Å². The molecule has 0 aliphatic carbocycles. The molecule has 0 aliphatic heterocycles. The zero-order valence-electron chi connectivity index (χ0n) is 9.93. The molecule has 0 heterocycles. The lowest BCUT2D eigenvalue weighted by Gasteiger charge is -1.95. The molecular weight excluding hydrogens is 224 g/mol. The summed E-state index contributed by atoms with van der Waals surface area (Å²) >= 11 is 1.81. The van der Waals surface area contributed by atoms with Gasteiger partial charge in [0, 0.05) is 0 Å². The number of unbranched alkanes of at least 4 members (excludes halogenated alkanes) is 1. The van der Waals surface area contributed by atoms with E-state index >= 15 is 0 Å². The summed E-state index contributed by atoms with van der Waals surface area (Å²) in [6.45, 7) is 6.65. The van der Waals surface area contributed by atoms with Crippen molar-refractivity contribution in [3.63, 3.8) is 0 Å². The van der Waals surface area contributed by atoms with E-state index in [1.165, 1.54) is 18.1 Å². The van der Waals surface area contributed by atoms with E-state index in [1.807, 2.05) is 0 Å². The molecule has 0 N–H and O–H groups in total. The monoisotopic (exact) mass is 246 g/mol. The second-order valence-electron chi connectivity index (χ2n) is 3.55. The van der Waals surface area contributed by atoms with E-state index in [1.54, 1.807) is 0 Å². The van der Waals surface area contributed by atoms with Crippen LogP contribution in [0, 0.1) is 0 Å². The Labute approximate surface area is 113 Å². The number of hydrogen-bond acceptors (Lipinski definition) is 2. The third kappa shape index (κ3) is 24.9. The van der Waals surface area contributed by atoms with Gasteiger partial charge in [0.1, 0.15) is 0 Å². The van der Waals surface area contributed by atoms with E-state index < -0.39 is 0 Å². The highest BCUT2D eigenvalue weighted by molar-refractivity contribution is 6.35. The van der Waals surface area contributed by atoms with Crippen molar-refractivity contribution in [2.24, 2.45) is 0 Å². The first-order chi connectivity index (χ1) is 6.18. The van der Waals surface area contributed by atoms with Gasteiger partial charge in [0.2, 0.25) is 0 Å². The predicted molar refractivity (Wildman–Crippen MR) is 68.4 cm³/mol. The van der Waals surface area contributed by atoms with E-state index in [0.717, 1.165) is 38.0 Å². The van der Waals surface area contributed by atoms with Crippen LogP contribution in [-0.2, 0) is 5.68 Å². The molecule has 0 saturated heterocycles. The largest absolute Gasteiger partial charge is 0.644 e. The molecule has 13 heavy (non-hydrogen) atoms. The number of hydrogen-bond donors (Lipinski definition) is 0. The van der Waals surface area contributed by atoms with Gasteiger partial charge in [0.05, 0.1) is 0 Å².